The molecule has 4 aromatic rings. The number of nitrogens with one attached hydrogen (secondary N) is 1. The Morgan fingerprint density at radius 2 is 1.65 bits per heavy atom. The minimum atomic E-state index is -4.53. The van der Waals surface area contributed by atoms with Gasteiger partial charge in [0, 0.05) is 29.8 Å². The van der Waals surface area contributed by atoms with Gasteiger partial charge in [-0.2, -0.15) is 13.2 Å². The fraction of sp³-hybridized carbons (Fsp3) is 0.136. The maximum Gasteiger partial charge on any atom is 0.418 e. The monoisotopic (exact) mass is 430 g/mol. The number of benzene rings is 2. The number of halogens is 5. The van der Waals surface area contributed by atoms with E-state index in [0.717, 1.165) is 12.1 Å². The Bertz CT molecular complexity index is 1220. The van der Waals surface area contributed by atoms with Crippen molar-refractivity contribution in [3.63, 3.8) is 0 Å². The molecule has 0 saturated carbocycles. The van der Waals surface area contributed by atoms with Crippen molar-refractivity contribution in [1.82, 2.24) is 15.0 Å². The van der Waals surface area contributed by atoms with Crippen molar-refractivity contribution in [1.29, 1.82) is 0 Å². The molecule has 0 spiro atoms. The molecule has 0 saturated heterocycles. The van der Waals surface area contributed by atoms with E-state index in [4.69, 9.17) is 0 Å². The zero-order valence-electron chi connectivity index (χ0n) is 15.9. The fourth-order valence-electron chi connectivity index (χ4n) is 3.29. The highest BCUT2D eigenvalue weighted by atomic mass is 19.4. The largest absolute Gasteiger partial charge is 0.418 e. The second-order valence-electron chi connectivity index (χ2n) is 6.81. The maximum atomic E-state index is 13.3. The molecule has 2 heterocycles. The molecule has 0 radical (unpaired) electrons. The zero-order chi connectivity index (χ0) is 22.0. The molecule has 0 aliphatic carbocycles. The average Bonchev–Trinajstić information content (AvgIpc) is 2.72. The van der Waals surface area contributed by atoms with Gasteiger partial charge in [0.1, 0.15) is 23.8 Å². The van der Waals surface area contributed by atoms with Crippen LogP contribution in [0.25, 0.3) is 22.2 Å². The summed E-state index contributed by atoms with van der Waals surface area (Å²) < 4.78 is 66.6. The summed E-state index contributed by atoms with van der Waals surface area (Å²) >= 11 is 0. The summed E-state index contributed by atoms with van der Waals surface area (Å²) in [6.07, 6.45) is -1.59. The molecule has 0 bridgehead atoms. The lowest BCUT2D eigenvalue weighted by Gasteiger charge is -2.13. The lowest BCUT2D eigenvalue weighted by atomic mass is 10.0. The van der Waals surface area contributed by atoms with Gasteiger partial charge >= 0.3 is 6.18 Å². The van der Waals surface area contributed by atoms with Crippen molar-refractivity contribution >= 4 is 16.7 Å². The fourth-order valence-corrected chi connectivity index (χ4v) is 3.29. The number of anilines is 1. The SMILES string of the molecule is Fc1cc(F)cc(CCNc2ncnc3cc(-c4ncccc4C(F)(F)F)ccc23)c1. The van der Waals surface area contributed by atoms with Crippen LogP contribution in [-0.4, -0.2) is 21.5 Å². The maximum absolute atomic E-state index is 13.3. The van der Waals surface area contributed by atoms with Crippen LogP contribution in [0, 0.1) is 11.6 Å². The second-order valence-corrected chi connectivity index (χ2v) is 6.81. The van der Waals surface area contributed by atoms with Crippen LogP contribution in [-0.2, 0) is 12.6 Å². The summed E-state index contributed by atoms with van der Waals surface area (Å²) in [6.45, 7) is 0.342. The first kappa shape index (κ1) is 20.6. The Balaban J connectivity index is 1.59. The molecule has 9 heteroatoms. The summed E-state index contributed by atoms with van der Waals surface area (Å²) in [7, 11) is 0. The number of hydrogen-bond acceptors (Lipinski definition) is 4. The third kappa shape index (κ3) is 4.60. The van der Waals surface area contributed by atoms with Crippen molar-refractivity contribution in [3.05, 3.63) is 83.8 Å². The summed E-state index contributed by atoms with van der Waals surface area (Å²) in [5.74, 6) is -0.837. The molecule has 0 aliphatic heterocycles. The highest BCUT2D eigenvalue weighted by Gasteiger charge is 2.34. The normalized spacial score (nSPS) is 11.6. The van der Waals surface area contributed by atoms with Crippen LogP contribution in [0.2, 0.25) is 0 Å². The number of fused-ring (bicyclic) bond motifs is 1. The Hall–Kier alpha value is -3.62. The summed E-state index contributed by atoms with van der Waals surface area (Å²) in [5, 5.41) is 3.68. The predicted octanol–water partition coefficient (Wildman–Crippen LogP) is 5.64. The molecule has 0 aliphatic rings. The number of nitrogens with zero attached hydrogens (tertiary/aromatic N) is 3. The molecular formula is C22H15F5N4. The van der Waals surface area contributed by atoms with Crippen LogP contribution in [0.15, 0.2) is 61.1 Å². The van der Waals surface area contributed by atoms with E-state index in [-0.39, 0.29) is 11.3 Å². The van der Waals surface area contributed by atoms with Gasteiger partial charge in [0.2, 0.25) is 0 Å². The van der Waals surface area contributed by atoms with Gasteiger partial charge in [-0.3, -0.25) is 4.98 Å². The minimum Gasteiger partial charge on any atom is -0.369 e. The number of rotatable bonds is 5. The van der Waals surface area contributed by atoms with Gasteiger partial charge in [-0.15, -0.1) is 0 Å². The molecule has 0 amide bonds. The van der Waals surface area contributed by atoms with E-state index in [2.05, 4.69) is 20.3 Å². The van der Waals surface area contributed by atoms with E-state index in [1.54, 1.807) is 6.07 Å². The van der Waals surface area contributed by atoms with Gasteiger partial charge in [-0.1, -0.05) is 6.07 Å². The van der Waals surface area contributed by atoms with Crippen LogP contribution in [0.5, 0.6) is 0 Å². The van der Waals surface area contributed by atoms with Crippen molar-refractivity contribution in [3.8, 4) is 11.3 Å². The Morgan fingerprint density at radius 1 is 0.871 bits per heavy atom. The Labute approximate surface area is 173 Å². The predicted molar refractivity (Wildman–Crippen MR) is 106 cm³/mol. The molecule has 0 fully saturated rings. The first-order valence-corrected chi connectivity index (χ1v) is 9.27. The molecule has 158 valence electrons. The highest BCUT2D eigenvalue weighted by molar-refractivity contribution is 5.91. The van der Waals surface area contributed by atoms with Gasteiger partial charge in [0.15, 0.2) is 0 Å². The molecular weight excluding hydrogens is 415 g/mol. The van der Waals surface area contributed by atoms with E-state index in [1.807, 2.05) is 0 Å². The molecule has 0 unspecified atom stereocenters. The van der Waals surface area contributed by atoms with Crippen molar-refractivity contribution in [2.45, 2.75) is 12.6 Å². The van der Waals surface area contributed by atoms with E-state index < -0.39 is 23.4 Å². The third-order valence-electron chi connectivity index (χ3n) is 4.65. The molecule has 31 heavy (non-hydrogen) atoms. The van der Waals surface area contributed by atoms with E-state index in [1.165, 1.54) is 42.9 Å². The quantitative estimate of drug-likeness (QED) is 0.416. The first-order chi connectivity index (χ1) is 14.8. The number of hydrogen-bond donors (Lipinski definition) is 1. The van der Waals surface area contributed by atoms with E-state index in [0.29, 0.717) is 35.2 Å². The molecule has 4 rings (SSSR count). The lowest BCUT2D eigenvalue weighted by molar-refractivity contribution is -0.137. The van der Waals surface area contributed by atoms with Crippen LogP contribution in [0.4, 0.5) is 27.8 Å². The summed E-state index contributed by atoms with van der Waals surface area (Å²) in [4.78, 5) is 12.2. The van der Waals surface area contributed by atoms with Gasteiger partial charge in [-0.05, 0) is 48.4 Å². The standard InChI is InChI=1S/C22H15F5N4/c23-15-8-13(9-16(24)11-15)5-7-29-21-17-4-3-14(10-19(17)30-12-31-21)20-18(22(25,26)27)2-1-6-28-20/h1-4,6,8-12H,5,7H2,(H,29,30,31). The molecule has 1 N–H and O–H groups in total. The van der Waals surface area contributed by atoms with E-state index in [9.17, 15) is 22.0 Å². The Morgan fingerprint density at radius 3 is 2.39 bits per heavy atom. The third-order valence-corrected chi connectivity index (χ3v) is 4.65. The topological polar surface area (TPSA) is 50.7 Å². The van der Waals surface area contributed by atoms with Crippen LogP contribution >= 0.6 is 0 Å². The van der Waals surface area contributed by atoms with Crippen molar-refractivity contribution < 1.29 is 22.0 Å². The molecule has 4 nitrogen and oxygen atoms in total. The van der Waals surface area contributed by atoms with Crippen molar-refractivity contribution in [2.24, 2.45) is 0 Å². The Kier molecular flexibility index (Phi) is 5.50. The second kappa shape index (κ2) is 8.25. The molecule has 2 aromatic heterocycles. The van der Waals surface area contributed by atoms with Gasteiger partial charge < -0.3 is 5.32 Å². The molecule has 0 atom stereocenters. The van der Waals surface area contributed by atoms with Gasteiger partial charge in [0.05, 0.1) is 16.8 Å². The lowest BCUT2D eigenvalue weighted by Crippen LogP contribution is -2.08. The zero-order valence-corrected chi connectivity index (χ0v) is 15.9. The first-order valence-electron chi connectivity index (χ1n) is 9.27. The highest BCUT2D eigenvalue weighted by Crippen LogP contribution is 2.36. The number of alkyl halides is 3. The smallest absolute Gasteiger partial charge is 0.369 e. The number of aromatic nitrogens is 3. The van der Waals surface area contributed by atoms with Gasteiger partial charge in [-0.25, -0.2) is 18.7 Å². The van der Waals surface area contributed by atoms with Crippen LogP contribution in [0.3, 0.4) is 0 Å². The number of pyridine rings is 1. The van der Waals surface area contributed by atoms with E-state index >= 15 is 0 Å². The summed E-state index contributed by atoms with van der Waals surface area (Å²) in [5.41, 5.74) is 0.189. The van der Waals surface area contributed by atoms with Crippen LogP contribution in [0.1, 0.15) is 11.1 Å². The van der Waals surface area contributed by atoms with Gasteiger partial charge in [0.25, 0.3) is 0 Å². The van der Waals surface area contributed by atoms with Crippen molar-refractivity contribution in [2.75, 3.05) is 11.9 Å². The summed E-state index contributed by atoms with van der Waals surface area (Å²) in [6, 6.07) is 10.2. The minimum absolute atomic E-state index is 0.182. The molecule has 2 aromatic carbocycles. The average molecular weight is 430 g/mol. The van der Waals surface area contributed by atoms with Crippen LogP contribution < -0.4 is 5.32 Å².